The Hall–Kier alpha value is -2.70. The Morgan fingerprint density at radius 1 is 1.14 bits per heavy atom. The molecule has 146 valence electrons. The van der Waals surface area contributed by atoms with Crippen LogP contribution in [-0.4, -0.2) is 29.7 Å². The number of aryl methyl sites for hydroxylation is 1. The molecule has 3 rings (SSSR count). The normalized spacial score (nSPS) is 11.8. The van der Waals surface area contributed by atoms with E-state index in [2.05, 4.69) is 10.3 Å². The summed E-state index contributed by atoms with van der Waals surface area (Å²) >= 11 is 12.3. The highest BCUT2D eigenvalue weighted by Gasteiger charge is 2.24. The van der Waals surface area contributed by atoms with Gasteiger partial charge in [-0.3, -0.25) is 4.79 Å². The predicted molar refractivity (Wildman–Crippen MR) is 109 cm³/mol. The van der Waals surface area contributed by atoms with E-state index in [0.717, 1.165) is 5.56 Å². The average Bonchev–Trinajstić information content (AvgIpc) is 3.13. The number of halogens is 2. The van der Waals surface area contributed by atoms with E-state index in [-0.39, 0.29) is 16.5 Å². The molecule has 0 saturated heterocycles. The first-order valence-corrected chi connectivity index (χ1v) is 9.15. The van der Waals surface area contributed by atoms with Crippen molar-refractivity contribution < 1.29 is 14.3 Å². The van der Waals surface area contributed by atoms with Crippen molar-refractivity contribution in [1.82, 2.24) is 14.9 Å². The molecule has 8 heteroatoms. The van der Waals surface area contributed by atoms with Gasteiger partial charge < -0.3 is 19.4 Å². The molecule has 0 aliphatic heterocycles. The molecule has 1 amide bonds. The maximum absolute atomic E-state index is 13.0. The lowest BCUT2D eigenvalue weighted by Gasteiger charge is -2.21. The van der Waals surface area contributed by atoms with Crippen LogP contribution in [0.5, 0.6) is 11.5 Å². The van der Waals surface area contributed by atoms with Crippen molar-refractivity contribution in [3.63, 3.8) is 0 Å². The van der Waals surface area contributed by atoms with Gasteiger partial charge in [-0.2, -0.15) is 0 Å². The van der Waals surface area contributed by atoms with Crippen LogP contribution in [-0.2, 0) is 7.05 Å². The van der Waals surface area contributed by atoms with Crippen LogP contribution in [0.3, 0.4) is 0 Å². The third-order valence-corrected chi connectivity index (χ3v) is 5.11. The summed E-state index contributed by atoms with van der Waals surface area (Å²) in [5.74, 6) is 1.47. The van der Waals surface area contributed by atoms with Crippen molar-refractivity contribution in [2.24, 2.45) is 7.05 Å². The predicted octanol–water partition coefficient (Wildman–Crippen LogP) is 4.26. The third kappa shape index (κ3) is 4.08. The minimum atomic E-state index is -0.563. The van der Waals surface area contributed by atoms with E-state index in [9.17, 15) is 4.79 Å². The molecule has 1 aromatic heterocycles. The molecule has 0 bridgehead atoms. The van der Waals surface area contributed by atoms with Crippen LogP contribution in [0.4, 0.5) is 0 Å². The molecule has 1 N–H and O–H groups in total. The summed E-state index contributed by atoms with van der Waals surface area (Å²) in [6.45, 7) is 0. The van der Waals surface area contributed by atoms with Crippen LogP contribution in [0.25, 0.3) is 0 Å². The zero-order valence-electron chi connectivity index (χ0n) is 15.6. The molecule has 0 saturated carbocycles. The van der Waals surface area contributed by atoms with Gasteiger partial charge in [0.05, 0.1) is 29.8 Å². The van der Waals surface area contributed by atoms with E-state index in [1.165, 1.54) is 0 Å². The van der Waals surface area contributed by atoms with Crippen molar-refractivity contribution in [2.45, 2.75) is 6.04 Å². The number of carbonyl (C=O) groups is 1. The fourth-order valence-electron chi connectivity index (χ4n) is 2.84. The zero-order valence-corrected chi connectivity index (χ0v) is 17.1. The molecule has 1 unspecified atom stereocenters. The molecule has 6 nitrogen and oxygen atoms in total. The number of nitrogens with zero attached hydrogens (tertiary/aromatic N) is 2. The fraction of sp³-hybridized carbons (Fsp3) is 0.200. The summed E-state index contributed by atoms with van der Waals surface area (Å²) in [5.41, 5.74) is 1.03. The molecular weight excluding hydrogens is 401 g/mol. The number of benzene rings is 2. The smallest absolute Gasteiger partial charge is 0.253 e. The Morgan fingerprint density at radius 2 is 1.82 bits per heavy atom. The average molecular weight is 420 g/mol. The van der Waals surface area contributed by atoms with Gasteiger partial charge in [0.25, 0.3) is 5.91 Å². The maximum atomic E-state index is 13.0. The van der Waals surface area contributed by atoms with E-state index < -0.39 is 6.04 Å². The number of nitrogens with one attached hydrogen (secondary N) is 1. The summed E-state index contributed by atoms with van der Waals surface area (Å²) in [6.07, 6.45) is 3.47. The van der Waals surface area contributed by atoms with Crippen molar-refractivity contribution in [3.8, 4) is 11.5 Å². The van der Waals surface area contributed by atoms with Crippen LogP contribution >= 0.6 is 23.2 Å². The first kappa shape index (κ1) is 20.0. The number of ether oxygens (including phenoxy) is 2. The Labute approximate surface area is 173 Å². The second-order valence-electron chi connectivity index (χ2n) is 6.05. The van der Waals surface area contributed by atoms with Crippen LogP contribution in [0, 0.1) is 0 Å². The molecule has 3 aromatic rings. The minimum absolute atomic E-state index is 0.198. The molecule has 2 aromatic carbocycles. The number of hydrogen-bond acceptors (Lipinski definition) is 4. The largest absolute Gasteiger partial charge is 0.497 e. The summed E-state index contributed by atoms with van der Waals surface area (Å²) in [6, 6.07) is 9.76. The molecule has 1 heterocycles. The van der Waals surface area contributed by atoms with Crippen LogP contribution in [0.2, 0.25) is 10.0 Å². The fourth-order valence-corrected chi connectivity index (χ4v) is 3.22. The van der Waals surface area contributed by atoms with Gasteiger partial charge in [0.2, 0.25) is 0 Å². The maximum Gasteiger partial charge on any atom is 0.253 e. The van der Waals surface area contributed by atoms with Gasteiger partial charge in [-0.1, -0.05) is 29.3 Å². The Bertz CT molecular complexity index is 982. The summed E-state index contributed by atoms with van der Waals surface area (Å²) in [7, 11) is 4.99. The summed E-state index contributed by atoms with van der Waals surface area (Å²) in [5, 5.41) is 3.50. The quantitative estimate of drug-likeness (QED) is 0.647. The molecular formula is C20H19Cl2N3O3. The molecule has 0 aliphatic carbocycles. The Morgan fingerprint density at radius 3 is 2.39 bits per heavy atom. The van der Waals surface area contributed by atoms with E-state index >= 15 is 0 Å². The van der Waals surface area contributed by atoms with E-state index in [1.54, 1.807) is 50.9 Å². The monoisotopic (exact) mass is 419 g/mol. The van der Waals surface area contributed by atoms with E-state index in [1.807, 2.05) is 23.7 Å². The van der Waals surface area contributed by atoms with Gasteiger partial charge in [-0.05, 0) is 29.8 Å². The lowest BCUT2D eigenvalue weighted by molar-refractivity contribution is 0.0941. The standard InChI is InChI=1S/C20H19Cl2N3O3/c1-25-8-7-23-19(25)18(12-9-13(27-2)11-14(10-12)28-3)24-20(26)15-5-4-6-16(21)17(15)22/h4-11,18H,1-3H3,(H,24,26). The number of aromatic nitrogens is 2. The summed E-state index contributed by atoms with van der Waals surface area (Å²) in [4.78, 5) is 17.4. The van der Waals surface area contributed by atoms with Gasteiger partial charge in [-0.15, -0.1) is 0 Å². The second-order valence-corrected chi connectivity index (χ2v) is 6.84. The first-order valence-electron chi connectivity index (χ1n) is 8.39. The molecule has 0 spiro atoms. The third-order valence-electron chi connectivity index (χ3n) is 4.30. The molecule has 0 radical (unpaired) electrons. The lowest BCUT2D eigenvalue weighted by atomic mass is 10.0. The number of hydrogen-bond donors (Lipinski definition) is 1. The number of carbonyl (C=O) groups excluding carboxylic acids is 1. The SMILES string of the molecule is COc1cc(OC)cc(C(NC(=O)c2cccc(Cl)c2Cl)c2nccn2C)c1. The Balaban J connectivity index is 2.05. The van der Waals surface area contributed by atoms with Gasteiger partial charge in [0, 0.05) is 25.5 Å². The second kappa shape index (κ2) is 8.54. The number of rotatable bonds is 6. The van der Waals surface area contributed by atoms with Crippen LogP contribution in [0.1, 0.15) is 27.8 Å². The number of amides is 1. The highest BCUT2D eigenvalue weighted by molar-refractivity contribution is 6.43. The van der Waals surface area contributed by atoms with Gasteiger partial charge >= 0.3 is 0 Å². The summed E-state index contributed by atoms with van der Waals surface area (Å²) < 4.78 is 12.6. The van der Waals surface area contributed by atoms with Crippen molar-refractivity contribution >= 4 is 29.1 Å². The van der Waals surface area contributed by atoms with Gasteiger partial charge in [-0.25, -0.2) is 4.98 Å². The topological polar surface area (TPSA) is 65.4 Å². The van der Waals surface area contributed by atoms with Crippen molar-refractivity contribution in [2.75, 3.05) is 14.2 Å². The van der Waals surface area contributed by atoms with E-state index in [4.69, 9.17) is 32.7 Å². The molecule has 0 fully saturated rings. The van der Waals surface area contributed by atoms with Gasteiger partial charge in [0.1, 0.15) is 23.4 Å². The molecule has 1 atom stereocenters. The molecule has 28 heavy (non-hydrogen) atoms. The highest BCUT2D eigenvalue weighted by atomic mass is 35.5. The van der Waals surface area contributed by atoms with Crippen LogP contribution in [0.15, 0.2) is 48.8 Å². The molecule has 0 aliphatic rings. The lowest BCUT2D eigenvalue weighted by Crippen LogP contribution is -2.31. The minimum Gasteiger partial charge on any atom is -0.497 e. The Kier molecular flexibility index (Phi) is 6.11. The first-order chi connectivity index (χ1) is 13.4. The van der Waals surface area contributed by atoms with Crippen molar-refractivity contribution in [3.05, 3.63) is 75.8 Å². The number of methoxy groups -OCH3 is 2. The zero-order chi connectivity index (χ0) is 20.3. The van der Waals surface area contributed by atoms with E-state index in [0.29, 0.717) is 22.3 Å². The van der Waals surface area contributed by atoms with Crippen LogP contribution < -0.4 is 14.8 Å². The number of imidazole rings is 1. The van der Waals surface area contributed by atoms with Crippen molar-refractivity contribution in [1.29, 1.82) is 0 Å². The highest BCUT2D eigenvalue weighted by Crippen LogP contribution is 2.31. The van der Waals surface area contributed by atoms with Gasteiger partial charge in [0.15, 0.2) is 0 Å².